The van der Waals surface area contributed by atoms with E-state index >= 15 is 0 Å². The lowest BCUT2D eigenvalue weighted by atomic mass is 10.3. The molecule has 2 N–H and O–H groups in total. The molecule has 1 saturated heterocycles. The second-order valence-corrected chi connectivity index (χ2v) is 3.35. The number of rotatable bonds is 1. The number of carbonyl (C=O) groups excluding carboxylic acids is 2. The Morgan fingerprint density at radius 2 is 2.27 bits per heavy atom. The van der Waals surface area contributed by atoms with Crippen molar-refractivity contribution >= 4 is 12.0 Å². The SMILES string of the molecule is Cc1oncc1C(=O)O[N+]1(C(N)=O)CC1. The van der Waals surface area contributed by atoms with Crippen molar-refractivity contribution in [3.8, 4) is 0 Å². The first-order chi connectivity index (χ1) is 7.05. The van der Waals surface area contributed by atoms with Gasteiger partial charge in [-0.25, -0.2) is 9.59 Å². The summed E-state index contributed by atoms with van der Waals surface area (Å²) in [6.07, 6.45) is 1.25. The zero-order valence-electron chi connectivity index (χ0n) is 8.10. The molecule has 0 radical (unpaired) electrons. The van der Waals surface area contributed by atoms with Gasteiger partial charge in [0.1, 0.15) is 11.3 Å². The summed E-state index contributed by atoms with van der Waals surface area (Å²) in [5, 5.41) is 3.44. The fraction of sp³-hybridized carbons (Fsp3) is 0.375. The number of urea groups is 1. The Labute approximate surface area is 84.9 Å². The van der Waals surface area contributed by atoms with Crippen LogP contribution < -0.4 is 5.73 Å². The third-order valence-electron chi connectivity index (χ3n) is 2.26. The Kier molecular flexibility index (Phi) is 1.97. The number of hydrogen-bond donors (Lipinski definition) is 1. The van der Waals surface area contributed by atoms with Crippen molar-refractivity contribution in [1.29, 1.82) is 0 Å². The largest absolute Gasteiger partial charge is 0.456 e. The molecule has 0 unspecified atom stereocenters. The van der Waals surface area contributed by atoms with E-state index in [-0.39, 0.29) is 5.56 Å². The number of quaternary nitrogens is 1. The topological polar surface area (TPSA) is 95.4 Å². The molecule has 0 spiro atoms. The number of aryl methyl sites for hydroxylation is 1. The number of hydrogen-bond acceptors (Lipinski definition) is 5. The predicted octanol–water partition coefficient (Wildman–Crippen LogP) is -0.0361. The first kappa shape index (κ1) is 9.66. The Morgan fingerprint density at radius 3 is 2.67 bits per heavy atom. The molecule has 80 valence electrons. The van der Waals surface area contributed by atoms with Crippen molar-refractivity contribution in [2.24, 2.45) is 5.73 Å². The van der Waals surface area contributed by atoms with Crippen LogP contribution in [-0.2, 0) is 4.84 Å². The summed E-state index contributed by atoms with van der Waals surface area (Å²) in [6, 6.07) is -0.669. The van der Waals surface area contributed by atoms with Crippen LogP contribution in [0.3, 0.4) is 0 Å². The number of nitrogens with two attached hydrogens (primary N) is 1. The Balaban J connectivity index is 2.11. The summed E-state index contributed by atoms with van der Waals surface area (Å²) in [5.41, 5.74) is 5.30. The van der Waals surface area contributed by atoms with Gasteiger partial charge in [-0.2, -0.15) is 0 Å². The molecular formula is C8H10N3O4+. The zero-order chi connectivity index (χ0) is 11.1. The molecule has 1 aromatic heterocycles. The standard InChI is InChI=1S/C8H9N3O4/c1-5-6(4-10-14-5)7(12)15-11(2-3-11)8(9)13/h4H,2-3H2,1H3,(H-,9,13)/p+1. The minimum Gasteiger partial charge on any atom is -0.361 e. The van der Waals surface area contributed by atoms with Crippen LogP contribution in [0.25, 0.3) is 0 Å². The normalized spacial score (nSPS) is 17.1. The fourth-order valence-corrected chi connectivity index (χ4v) is 1.15. The molecular weight excluding hydrogens is 202 g/mol. The first-order valence-electron chi connectivity index (χ1n) is 4.37. The third kappa shape index (κ3) is 1.57. The lowest BCUT2D eigenvalue weighted by molar-refractivity contribution is -0.912. The molecule has 0 saturated carbocycles. The first-order valence-corrected chi connectivity index (χ1v) is 4.37. The van der Waals surface area contributed by atoms with E-state index in [1.165, 1.54) is 6.20 Å². The van der Waals surface area contributed by atoms with E-state index < -0.39 is 16.6 Å². The van der Waals surface area contributed by atoms with Gasteiger partial charge in [0, 0.05) is 0 Å². The molecule has 1 aromatic rings. The molecule has 15 heavy (non-hydrogen) atoms. The molecule has 2 heterocycles. The van der Waals surface area contributed by atoms with Crippen LogP contribution in [0.2, 0.25) is 0 Å². The monoisotopic (exact) mass is 212 g/mol. The molecule has 0 aromatic carbocycles. The second kappa shape index (κ2) is 3.06. The Morgan fingerprint density at radius 1 is 1.60 bits per heavy atom. The fourth-order valence-electron chi connectivity index (χ4n) is 1.15. The molecule has 7 nitrogen and oxygen atoms in total. The highest BCUT2D eigenvalue weighted by molar-refractivity contribution is 5.90. The van der Waals surface area contributed by atoms with E-state index in [9.17, 15) is 9.59 Å². The molecule has 0 aliphatic carbocycles. The number of carbonyl (C=O) groups is 2. The van der Waals surface area contributed by atoms with Crippen LogP contribution in [0.15, 0.2) is 10.7 Å². The van der Waals surface area contributed by atoms with Gasteiger partial charge in [-0.05, 0) is 11.6 Å². The summed E-state index contributed by atoms with van der Waals surface area (Å²) in [7, 11) is 0. The van der Waals surface area contributed by atoms with Crippen LogP contribution in [0.4, 0.5) is 4.79 Å². The number of aromatic nitrogens is 1. The minimum absolute atomic E-state index is 0.209. The molecule has 0 bridgehead atoms. The van der Waals surface area contributed by atoms with Crippen molar-refractivity contribution in [2.75, 3.05) is 13.1 Å². The van der Waals surface area contributed by atoms with E-state index in [0.29, 0.717) is 18.8 Å². The third-order valence-corrected chi connectivity index (χ3v) is 2.26. The summed E-state index contributed by atoms with van der Waals surface area (Å²) in [6.45, 7) is 2.43. The quantitative estimate of drug-likeness (QED) is 0.520. The molecule has 0 atom stereocenters. The average Bonchev–Trinajstić information content (AvgIpc) is 2.82. The molecule has 1 aliphatic heterocycles. The lowest BCUT2D eigenvalue weighted by Crippen LogP contribution is -2.40. The Hall–Kier alpha value is -1.89. The number of hydroxylamine groups is 3. The summed E-state index contributed by atoms with van der Waals surface area (Å²) >= 11 is 0. The van der Waals surface area contributed by atoms with Gasteiger partial charge < -0.3 is 10.3 Å². The van der Waals surface area contributed by atoms with E-state index in [1.807, 2.05) is 0 Å². The average molecular weight is 212 g/mol. The summed E-state index contributed by atoms with van der Waals surface area (Å²) < 4.78 is 4.27. The van der Waals surface area contributed by atoms with E-state index in [0.717, 1.165) is 0 Å². The smallest absolute Gasteiger partial charge is 0.361 e. The van der Waals surface area contributed by atoms with Gasteiger partial charge in [-0.1, -0.05) is 5.16 Å². The van der Waals surface area contributed by atoms with Crippen LogP contribution in [0.1, 0.15) is 16.1 Å². The van der Waals surface area contributed by atoms with Crippen LogP contribution in [-0.4, -0.2) is 34.9 Å². The maximum atomic E-state index is 11.5. The van der Waals surface area contributed by atoms with Crippen molar-refractivity contribution in [3.63, 3.8) is 0 Å². The van der Waals surface area contributed by atoms with Crippen molar-refractivity contribution in [2.45, 2.75) is 6.92 Å². The van der Waals surface area contributed by atoms with Gasteiger partial charge in [0.2, 0.25) is 0 Å². The van der Waals surface area contributed by atoms with Crippen LogP contribution in [0.5, 0.6) is 0 Å². The van der Waals surface area contributed by atoms with Gasteiger partial charge in [0.15, 0.2) is 13.1 Å². The molecule has 2 rings (SSSR count). The molecule has 1 fully saturated rings. The van der Waals surface area contributed by atoms with Gasteiger partial charge in [0.05, 0.1) is 6.20 Å². The van der Waals surface area contributed by atoms with E-state index in [4.69, 9.17) is 15.1 Å². The summed E-state index contributed by atoms with van der Waals surface area (Å²) in [5.74, 6) is -0.297. The number of nitrogens with zero attached hydrogens (tertiary/aromatic N) is 2. The van der Waals surface area contributed by atoms with Gasteiger partial charge in [-0.3, -0.25) is 4.84 Å². The van der Waals surface area contributed by atoms with Crippen molar-refractivity contribution in [3.05, 3.63) is 17.5 Å². The zero-order valence-corrected chi connectivity index (χ0v) is 8.10. The molecule has 2 amide bonds. The van der Waals surface area contributed by atoms with Crippen LogP contribution in [0, 0.1) is 6.92 Å². The highest BCUT2D eigenvalue weighted by Crippen LogP contribution is 2.23. The van der Waals surface area contributed by atoms with Gasteiger partial charge in [-0.15, -0.1) is 0 Å². The van der Waals surface area contributed by atoms with Gasteiger partial charge in [0.25, 0.3) is 0 Å². The number of primary amides is 1. The maximum Gasteiger partial charge on any atom is 0.456 e. The second-order valence-electron chi connectivity index (χ2n) is 3.35. The minimum atomic E-state index is -0.669. The van der Waals surface area contributed by atoms with Crippen molar-refractivity contribution in [1.82, 2.24) is 5.16 Å². The Bertz CT molecular complexity index is 421. The summed E-state index contributed by atoms with van der Waals surface area (Å²) in [4.78, 5) is 27.5. The predicted molar refractivity (Wildman–Crippen MR) is 46.2 cm³/mol. The lowest BCUT2D eigenvalue weighted by Gasteiger charge is -2.09. The highest BCUT2D eigenvalue weighted by atomic mass is 16.8. The van der Waals surface area contributed by atoms with E-state index in [1.54, 1.807) is 6.92 Å². The van der Waals surface area contributed by atoms with E-state index in [2.05, 4.69) is 5.16 Å². The highest BCUT2D eigenvalue weighted by Gasteiger charge is 2.55. The molecule has 1 aliphatic rings. The van der Waals surface area contributed by atoms with Gasteiger partial charge >= 0.3 is 12.0 Å². The molecule has 7 heteroatoms. The maximum absolute atomic E-state index is 11.5. The number of amides is 2. The van der Waals surface area contributed by atoms with Crippen molar-refractivity contribution < 1.29 is 23.6 Å². The van der Waals surface area contributed by atoms with Crippen LogP contribution >= 0.6 is 0 Å².